The highest BCUT2D eigenvalue weighted by Crippen LogP contribution is 2.39. The quantitative estimate of drug-likeness (QED) is 0.155. The first kappa shape index (κ1) is 32.2. The van der Waals surface area contributed by atoms with E-state index >= 15 is 0 Å². The lowest BCUT2D eigenvalue weighted by Gasteiger charge is -2.42. The molecule has 214 valence electrons. The molecule has 6 heteroatoms. The summed E-state index contributed by atoms with van der Waals surface area (Å²) in [6, 6.07) is 28.2. The molecule has 0 aromatic heterocycles. The van der Waals surface area contributed by atoms with Crippen molar-refractivity contribution in [3.8, 4) is 0 Å². The van der Waals surface area contributed by atoms with E-state index in [0.29, 0.717) is 6.61 Å². The average molecular weight is 583 g/mol. The molecule has 2 aromatic carbocycles. The maximum Gasteiger partial charge on any atom is 0.192 e. The molecule has 0 heterocycles. The summed E-state index contributed by atoms with van der Waals surface area (Å²) in [6.45, 7) is 19.0. The Balaban J connectivity index is 1.86. The Morgan fingerprint density at radius 3 is 1.67 bits per heavy atom. The van der Waals surface area contributed by atoms with Gasteiger partial charge in [-0.1, -0.05) is 115 Å². The Hall–Kier alpha value is -1.34. The molecule has 0 amide bonds. The Morgan fingerprint density at radius 2 is 1.21 bits per heavy atom. The monoisotopic (exact) mass is 582 g/mol. The van der Waals surface area contributed by atoms with Crippen LogP contribution in [0.2, 0.25) is 36.3 Å². The number of benzene rings is 2. The minimum atomic E-state index is -1.79. The van der Waals surface area contributed by atoms with Gasteiger partial charge in [-0.15, -0.1) is 0 Å². The van der Waals surface area contributed by atoms with Crippen molar-refractivity contribution in [2.75, 3.05) is 6.61 Å². The first-order valence-corrected chi connectivity index (χ1v) is 21.5. The Morgan fingerprint density at radius 1 is 0.744 bits per heavy atom. The van der Waals surface area contributed by atoms with Crippen molar-refractivity contribution >= 4 is 35.4 Å². The van der Waals surface area contributed by atoms with E-state index in [9.17, 15) is 0 Å². The number of hydrogen-bond donors (Lipinski definition) is 0. The SMILES string of the molecule is C=C1/C(=C\COP(c2ccccc2)c2ccccc2)C[C@@H](O[Si](CC)(CC)CC)C[C@@H]1O[Si](CC)(CC)CC. The van der Waals surface area contributed by atoms with Gasteiger partial charge in [-0.3, -0.25) is 0 Å². The Labute approximate surface area is 242 Å². The number of rotatable bonds is 15. The third kappa shape index (κ3) is 8.34. The molecule has 0 radical (unpaired) electrons. The van der Waals surface area contributed by atoms with Crippen molar-refractivity contribution in [3.63, 3.8) is 0 Å². The van der Waals surface area contributed by atoms with Gasteiger partial charge in [0.25, 0.3) is 0 Å². The van der Waals surface area contributed by atoms with Crippen LogP contribution in [0.3, 0.4) is 0 Å². The molecule has 1 aliphatic rings. The minimum absolute atomic E-state index is 0.0449. The van der Waals surface area contributed by atoms with Gasteiger partial charge in [0.05, 0.1) is 27.0 Å². The second-order valence-corrected chi connectivity index (χ2v) is 22.1. The fourth-order valence-electron chi connectivity index (χ4n) is 5.76. The van der Waals surface area contributed by atoms with E-state index in [1.807, 2.05) is 0 Å². The van der Waals surface area contributed by atoms with Crippen LogP contribution < -0.4 is 10.6 Å². The summed E-state index contributed by atoms with van der Waals surface area (Å²) in [4.78, 5) is 0. The van der Waals surface area contributed by atoms with Gasteiger partial charge in [0.15, 0.2) is 16.6 Å². The third-order valence-electron chi connectivity index (χ3n) is 8.92. The zero-order valence-corrected chi connectivity index (χ0v) is 28.1. The van der Waals surface area contributed by atoms with E-state index in [1.54, 1.807) is 0 Å². The van der Waals surface area contributed by atoms with Crippen molar-refractivity contribution in [1.82, 2.24) is 0 Å². The van der Waals surface area contributed by atoms with Crippen LogP contribution in [-0.2, 0) is 13.4 Å². The summed E-state index contributed by atoms with van der Waals surface area (Å²) in [7, 11) is -4.42. The highest BCUT2D eigenvalue weighted by Gasteiger charge is 2.40. The van der Waals surface area contributed by atoms with E-state index in [-0.39, 0.29) is 12.2 Å². The second kappa shape index (κ2) is 15.6. The summed E-state index contributed by atoms with van der Waals surface area (Å²) in [5, 5.41) is 2.47. The van der Waals surface area contributed by atoms with Crippen molar-refractivity contribution < 1.29 is 13.4 Å². The zero-order chi connectivity index (χ0) is 28.3. The van der Waals surface area contributed by atoms with E-state index in [0.717, 1.165) is 36.5 Å². The molecule has 1 saturated carbocycles. The largest absolute Gasteiger partial charge is 0.414 e. The van der Waals surface area contributed by atoms with Crippen molar-refractivity contribution in [2.45, 2.75) is 103 Å². The Kier molecular flexibility index (Phi) is 12.9. The maximum absolute atomic E-state index is 7.08. The van der Waals surface area contributed by atoms with Gasteiger partial charge in [0, 0.05) is 17.0 Å². The standard InChI is InChI=1S/C33H51O3PSi2/c1-8-38(9-2,10-3)35-30-26-29(28(7)33(27-30)36-39(11-4,12-5)13-6)24-25-34-37(31-20-16-14-17-21-31)32-22-18-15-19-23-32/h14-24,30,33H,7-13,25-27H2,1-6H3/b29-24-/t30-,33+/m1/s1. The fraction of sp³-hybridized carbons (Fsp3) is 0.515. The van der Waals surface area contributed by atoms with E-state index in [1.165, 1.54) is 34.3 Å². The lowest BCUT2D eigenvalue weighted by atomic mass is 9.86. The van der Waals surface area contributed by atoms with Crippen LogP contribution in [0.4, 0.5) is 0 Å². The van der Waals surface area contributed by atoms with Crippen LogP contribution in [-0.4, -0.2) is 35.4 Å². The predicted octanol–water partition coefficient (Wildman–Crippen LogP) is 9.11. The molecule has 1 fully saturated rings. The van der Waals surface area contributed by atoms with Gasteiger partial charge in [0.2, 0.25) is 0 Å². The normalized spacial score (nSPS) is 19.7. The van der Waals surface area contributed by atoms with Crippen LogP contribution in [0.15, 0.2) is 84.5 Å². The van der Waals surface area contributed by atoms with E-state index in [2.05, 4.69) is 115 Å². The van der Waals surface area contributed by atoms with Gasteiger partial charge in [-0.25, -0.2) is 0 Å². The molecule has 0 bridgehead atoms. The Bertz CT molecular complexity index is 979. The molecule has 2 atom stereocenters. The first-order chi connectivity index (χ1) is 18.9. The minimum Gasteiger partial charge on any atom is -0.414 e. The van der Waals surface area contributed by atoms with Crippen LogP contribution in [0, 0.1) is 0 Å². The smallest absolute Gasteiger partial charge is 0.192 e. The zero-order valence-electron chi connectivity index (χ0n) is 25.2. The van der Waals surface area contributed by atoms with E-state index in [4.69, 9.17) is 13.4 Å². The second-order valence-electron chi connectivity index (χ2n) is 10.8. The molecule has 39 heavy (non-hydrogen) atoms. The summed E-state index contributed by atoms with van der Waals surface area (Å²) in [5.41, 5.74) is 2.41. The predicted molar refractivity (Wildman–Crippen MR) is 176 cm³/mol. The molecule has 0 N–H and O–H groups in total. The average Bonchev–Trinajstić information content (AvgIpc) is 2.99. The summed E-state index contributed by atoms with van der Waals surface area (Å²) in [6.07, 6.45) is 4.35. The van der Waals surface area contributed by atoms with Gasteiger partial charge >= 0.3 is 0 Å². The van der Waals surface area contributed by atoms with Gasteiger partial charge in [0.1, 0.15) is 0 Å². The molecular formula is C33H51O3PSi2. The van der Waals surface area contributed by atoms with Gasteiger partial charge in [-0.05, 0) is 53.8 Å². The van der Waals surface area contributed by atoms with Crippen molar-refractivity contribution in [1.29, 1.82) is 0 Å². The molecular weight excluding hydrogens is 532 g/mol. The van der Waals surface area contributed by atoms with Crippen molar-refractivity contribution in [3.05, 3.63) is 84.5 Å². The van der Waals surface area contributed by atoms with Crippen LogP contribution in [0.5, 0.6) is 0 Å². The van der Waals surface area contributed by atoms with Gasteiger partial charge < -0.3 is 13.4 Å². The van der Waals surface area contributed by atoms with Crippen molar-refractivity contribution in [2.24, 2.45) is 0 Å². The lowest BCUT2D eigenvalue weighted by molar-refractivity contribution is 0.101. The van der Waals surface area contributed by atoms with Crippen LogP contribution >= 0.6 is 8.15 Å². The summed E-state index contributed by atoms with van der Waals surface area (Å²) in [5.74, 6) is 0. The van der Waals surface area contributed by atoms with Gasteiger partial charge in [-0.2, -0.15) is 0 Å². The molecule has 3 nitrogen and oxygen atoms in total. The summed E-state index contributed by atoms with van der Waals surface area (Å²) >= 11 is 0. The lowest BCUT2D eigenvalue weighted by Crippen LogP contribution is -2.46. The highest BCUT2D eigenvalue weighted by atomic mass is 31.1. The maximum atomic E-state index is 7.08. The summed E-state index contributed by atoms with van der Waals surface area (Å²) < 4.78 is 20.8. The van der Waals surface area contributed by atoms with Crippen LogP contribution in [0.1, 0.15) is 54.4 Å². The molecule has 2 aromatic rings. The van der Waals surface area contributed by atoms with E-state index < -0.39 is 24.8 Å². The third-order valence-corrected chi connectivity index (χ3v) is 20.2. The first-order valence-electron chi connectivity index (χ1n) is 15.2. The molecule has 3 rings (SSSR count). The molecule has 0 spiro atoms. The molecule has 0 aliphatic heterocycles. The molecule has 1 aliphatic carbocycles. The fourth-order valence-corrected chi connectivity index (χ4v) is 13.2. The molecule has 0 saturated heterocycles. The topological polar surface area (TPSA) is 27.7 Å². The van der Waals surface area contributed by atoms with Crippen LogP contribution in [0.25, 0.3) is 0 Å². The highest BCUT2D eigenvalue weighted by molar-refractivity contribution is 7.68. The number of hydrogen-bond acceptors (Lipinski definition) is 3. The molecule has 0 unspecified atom stereocenters.